The van der Waals surface area contributed by atoms with Crippen LogP contribution in [0.15, 0.2) is 96.1 Å². The molecule has 0 aromatic heterocycles. The molecule has 4 heteroatoms. The summed E-state index contributed by atoms with van der Waals surface area (Å²) in [6, 6.07) is 29.6. The third-order valence-electron chi connectivity index (χ3n) is 4.87. The molecule has 0 spiro atoms. The minimum absolute atomic E-state index is 0.223. The maximum Gasteiger partial charge on any atom is 0.271 e. The normalized spacial score (nSPS) is 11.0. The fourth-order valence-electron chi connectivity index (χ4n) is 3.20. The summed E-state index contributed by atoms with van der Waals surface area (Å²) in [4.78, 5) is 12.2. The summed E-state index contributed by atoms with van der Waals surface area (Å²) < 4.78 is 5.90. The van der Waals surface area contributed by atoms with Gasteiger partial charge in [-0.2, -0.15) is 5.10 Å². The van der Waals surface area contributed by atoms with Gasteiger partial charge in [0.05, 0.1) is 6.21 Å². The molecular formula is C26H22N2O2. The molecule has 0 saturated heterocycles. The van der Waals surface area contributed by atoms with E-state index < -0.39 is 0 Å². The standard InChI is InChI=1S/C26H22N2O2/c1-19-6-2-5-9-25(19)26(29)28-27-17-20-11-14-24(15-12-20)30-18-21-10-13-22-7-3-4-8-23(22)16-21/h2-17H,18H2,1H3,(H,28,29)/b27-17-. The van der Waals surface area contributed by atoms with Crippen molar-refractivity contribution < 1.29 is 9.53 Å². The van der Waals surface area contributed by atoms with Gasteiger partial charge in [0.25, 0.3) is 5.91 Å². The van der Waals surface area contributed by atoms with Crippen LogP contribution in [0, 0.1) is 6.92 Å². The molecule has 4 rings (SSSR count). The molecule has 0 saturated carbocycles. The Morgan fingerprint density at radius 2 is 1.63 bits per heavy atom. The van der Waals surface area contributed by atoms with Crippen LogP contribution in [-0.4, -0.2) is 12.1 Å². The van der Waals surface area contributed by atoms with Crippen molar-refractivity contribution in [2.75, 3.05) is 0 Å². The van der Waals surface area contributed by atoms with Gasteiger partial charge in [-0.3, -0.25) is 4.79 Å². The molecule has 0 atom stereocenters. The predicted octanol–water partition coefficient (Wildman–Crippen LogP) is 5.49. The molecule has 0 aliphatic heterocycles. The van der Waals surface area contributed by atoms with Crippen LogP contribution in [-0.2, 0) is 6.61 Å². The van der Waals surface area contributed by atoms with Crippen molar-refractivity contribution in [3.63, 3.8) is 0 Å². The van der Waals surface area contributed by atoms with Crippen molar-refractivity contribution in [1.82, 2.24) is 5.43 Å². The minimum atomic E-state index is -0.223. The van der Waals surface area contributed by atoms with Gasteiger partial charge in [-0.05, 0) is 70.8 Å². The highest BCUT2D eigenvalue weighted by atomic mass is 16.5. The van der Waals surface area contributed by atoms with Crippen molar-refractivity contribution in [1.29, 1.82) is 0 Å². The van der Waals surface area contributed by atoms with Crippen LogP contribution in [0.4, 0.5) is 0 Å². The largest absolute Gasteiger partial charge is 0.489 e. The molecule has 0 aliphatic rings. The summed E-state index contributed by atoms with van der Waals surface area (Å²) in [6.07, 6.45) is 1.61. The number of nitrogens with zero attached hydrogens (tertiary/aromatic N) is 1. The molecule has 0 bridgehead atoms. The van der Waals surface area contributed by atoms with E-state index in [-0.39, 0.29) is 5.91 Å². The van der Waals surface area contributed by atoms with Crippen LogP contribution in [0.5, 0.6) is 5.75 Å². The quantitative estimate of drug-likeness (QED) is 0.347. The van der Waals surface area contributed by atoms with E-state index in [1.165, 1.54) is 10.8 Å². The lowest BCUT2D eigenvalue weighted by Crippen LogP contribution is -2.18. The molecule has 30 heavy (non-hydrogen) atoms. The Morgan fingerprint density at radius 1 is 0.900 bits per heavy atom. The number of fused-ring (bicyclic) bond motifs is 1. The Bertz CT molecular complexity index is 1200. The summed E-state index contributed by atoms with van der Waals surface area (Å²) in [6.45, 7) is 2.40. The van der Waals surface area contributed by atoms with Crippen molar-refractivity contribution in [3.05, 3.63) is 113 Å². The molecule has 0 radical (unpaired) electrons. The number of hydrogen-bond acceptors (Lipinski definition) is 3. The lowest BCUT2D eigenvalue weighted by Gasteiger charge is -2.08. The Morgan fingerprint density at radius 3 is 2.43 bits per heavy atom. The molecule has 0 unspecified atom stereocenters. The highest BCUT2D eigenvalue weighted by Crippen LogP contribution is 2.18. The van der Waals surface area contributed by atoms with E-state index in [2.05, 4.69) is 40.9 Å². The monoisotopic (exact) mass is 394 g/mol. The van der Waals surface area contributed by atoms with Crippen LogP contribution in [0.3, 0.4) is 0 Å². The third kappa shape index (κ3) is 4.73. The van der Waals surface area contributed by atoms with Gasteiger partial charge >= 0.3 is 0 Å². The third-order valence-corrected chi connectivity index (χ3v) is 4.87. The zero-order chi connectivity index (χ0) is 20.8. The zero-order valence-electron chi connectivity index (χ0n) is 16.7. The Labute approximate surface area is 175 Å². The SMILES string of the molecule is Cc1ccccc1C(=O)N/N=C\c1ccc(OCc2ccc3ccccc3c2)cc1. The Balaban J connectivity index is 1.32. The summed E-state index contributed by atoms with van der Waals surface area (Å²) in [7, 11) is 0. The number of ether oxygens (including phenoxy) is 1. The summed E-state index contributed by atoms with van der Waals surface area (Å²) >= 11 is 0. The van der Waals surface area contributed by atoms with Gasteiger partial charge in [-0.25, -0.2) is 5.43 Å². The second kappa shape index (κ2) is 9.05. The molecule has 1 N–H and O–H groups in total. The number of aryl methyl sites for hydroxylation is 1. The summed E-state index contributed by atoms with van der Waals surface area (Å²) in [5.41, 5.74) is 6.09. The lowest BCUT2D eigenvalue weighted by molar-refractivity contribution is 0.0954. The maximum atomic E-state index is 12.2. The maximum absolute atomic E-state index is 12.2. The fraction of sp³-hybridized carbons (Fsp3) is 0.0769. The number of nitrogens with one attached hydrogen (secondary N) is 1. The van der Waals surface area contributed by atoms with Crippen LogP contribution >= 0.6 is 0 Å². The van der Waals surface area contributed by atoms with Gasteiger partial charge < -0.3 is 4.74 Å². The fourth-order valence-corrected chi connectivity index (χ4v) is 3.20. The number of carbonyl (C=O) groups excluding carboxylic acids is 1. The molecule has 0 heterocycles. The highest BCUT2D eigenvalue weighted by Gasteiger charge is 2.06. The van der Waals surface area contributed by atoms with E-state index in [1.807, 2.05) is 61.5 Å². The van der Waals surface area contributed by atoms with Crippen LogP contribution in [0.25, 0.3) is 10.8 Å². The average Bonchev–Trinajstić information content (AvgIpc) is 2.78. The molecule has 0 fully saturated rings. The number of rotatable bonds is 6. The van der Waals surface area contributed by atoms with E-state index in [9.17, 15) is 4.79 Å². The molecule has 1 amide bonds. The van der Waals surface area contributed by atoms with Crippen LogP contribution in [0.2, 0.25) is 0 Å². The lowest BCUT2D eigenvalue weighted by atomic mass is 10.1. The van der Waals surface area contributed by atoms with Crippen molar-refractivity contribution in [3.8, 4) is 5.75 Å². The number of amides is 1. The van der Waals surface area contributed by atoms with E-state index in [4.69, 9.17) is 4.74 Å². The van der Waals surface area contributed by atoms with Gasteiger partial charge in [-0.15, -0.1) is 0 Å². The summed E-state index contributed by atoms with van der Waals surface area (Å²) in [5, 5.41) is 6.47. The molecule has 0 aliphatic carbocycles. The first-order valence-corrected chi connectivity index (χ1v) is 9.79. The van der Waals surface area contributed by atoms with E-state index in [0.29, 0.717) is 12.2 Å². The molecule has 148 valence electrons. The second-order valence-electron chi connectivity index (χ2n) is 7.05. The minimum Gasteiger partial charge on any atom is -0.489 e. The molecule has 4 nitrogen and oxygen atoms in total. The van der Waals surface area contributed by atoms with Gasteiger partial charge in [0.2, 0.25) is 0 Å². The van der Waals surface area contributed by atoms with Gasteiger partial charge in [0, 0.05) is 5.56 Å². The summed E-state index contributed by atoms with van der Waals surface area (Å²) in [5.74, 6) is 0.559. The van der Waals surface area contributed by atoms with E-state index in [0.717, 1.165) is 22.4 Å². The van der Waals surface area contributed by atoms with Gasteiger partial charge in [0.1, 0.15) is 12.4 Å². The Kier molecular flexibility index (Phi) is 5.85. The van der Waals surface area contributed by atoms with Gasteiger partial charge in [-0.1, -0.05) is 54.6 Å². The number of benzene rings is 4. The highest BCUT2D eigenvalue weighted by molar-refractivity contribution is 5.96. The van der Waals surface area contributed by atoms with Crippen LogP contribution < -0.4 is 10.2 Å². The average molecular weight is 394 g/mol. The smallest absolute Gasteiger partial charge is 0.271 e. The Hall–Kier alpha value is -3.92. The topological polar surface area (TPSA) is 50.7 Å². The van der Waals surface area contributed by atoms with Crippen molar-refractivity contribution >= 4 is 22.9 Å². The molecule has 4 aromatic carbocycles. The number of hydrogen-bond donors (Lipinski definition) is 1. The first kappa shape index (κ1) is 19.4. The first-order valence-electron chi connectivity index (χ1n) is 9.79. The first-order chi connectivity index (χ1) is 14.7. The van der Waals surface area contributed by atoms with Crippen molar-refractivity contribution in [2.24, 2.45) is 5.10 Å². The van der Waals surface area contributed by atoms with Crippen molar-refractivity contribution in [2.45, 2.75) is 13.5 Å². The van der Waals surface area contributed by atoms with E-state index >= 15 is 0 Å². The second-order valence-corrected chi connectivity index (χ2v) is 7.05. The van der Waals surface area contributed by atoms with E-state index in [1.54, 1.807) is 12.3 Å². The van der Waals surface area contributed by atoms with Crippen LogP contribution in [0.1, 0.15) is 27.0 Å². The molecular weight excluding hydrogens is 372 g/mol. The number of hydrazone groups is 1. The zero-order valence-corrected chi connectivity index (χ0v) is 16.7. The van der Waals surface area contributed by atoms with Gasteiger partial charge in [0.15, 0.2) is 0 Å². The number of carbonyl (C=O) groups is 1. The predicted molar refractivity (Wildman–Crippen MR) is 121 cm³/mol. The molecule has 4 aromatic rings.